The number of carbonyl (C=O) groups excluding carboxylic acids is 2. The highest BCUT2D eigenvalue weighted by molar-refractivity contribution is 6.32. The van der Waals surface area contributed by atoms with E-state index in [4.69, 9.17) is 16.3 Å². The quantitative estimate of drug-likeness (QED) is 0.445. The second-order valence-electron chi connectivity index (χ2n) is 9.51. The van der Waals surface area contributed by atoms with Crippen LogP contribution < -0.4 is 15.0 Å². The van der Waals surface area contributed by atoms with Gasteiger partial charge in [-0.1, -0.05) is 23.7 Å². The molecular formula is C29H32ClN3O3. The molecule has 4 rings (SSSR count). The third-order valence-electron chi connectivity index (χ3n) is 6.38. The Labute approximate surface area is 217 Å². The van der Waals surface area contributed by atoms with E-state index in [-0.39, 0.29) is 11.8 Å². The van der Waals surface area contributed by atoms with Gasteiger partial charge in [0.25, 0.3) is 5.91 Å². The van der Waals surface area contributed by atoms with Crippen molar-refractivity contribution in [2.24, 2.45) is 0 Å². The highest BCUT2D eigenvalue weighted by Gasteiger charge is 2.27. The molecule has 6 nitrogen and oxygen atoms in total. The molecule has 0 atom stereocenters. The van der Waals surface area contributed by atoms with E-state index in [1.807, 2.05) is 86.3 Å². The number of hydrogen-bond acceptors (Lipinski definition) is 4. The molecule has 0 aliphatic carbocycles. The van der Waals surface area contributed by atoms with Crippen LogP contribution in [0, 0.1) is 13.8 Å². The Kier molecular flexibility index (Phi) is 7.67. The van der Waals surface area contributed by atoms with Crippen LogP contribution in [-0.4, -0.2) is 50.5 Å². The fourth-order valence-corrected chi connectivity index (χ4v) is 4.79. The van der Waals surface area contributed by atoms with Crippen LogP contribution in [0.15, 0.2) is 48.5 Å². The van der Waals surface area contributed by atoms with Crippen LogP contribution in [0.4, 0.5) is 11.4 Å². The van der Waals surface area contributed by atoms with Crippen molar-refractivity contribution in [3.05, 3.63) is 75.8 Å². The number of nitrogens with zero attached hydrogens (tertiary/aromatic N) is 2. The lowest BCUT2D eigenvalue weighted by Crippen LogP contribution is -2.29. The average molecular weight is 506 g/mol. The van der Waals surface area contributed by atoms with Crippen LogP contribution in [0.2, 0.25) is 5.02 Å². The van der Waals surface area contributed by atoms with E-state index in [2.05, 4.69) is 5.32 Å². The summed E-state index contributed by atoms with van der Waals surface area (Å²) in [5.74, 6) is 0.462. The summed E-state index contributed by atoms with van der Waals surface area (Å²) in [7, 11) is 3.98. The first-order valence-electron chi connectivity index (χ1n) is 12.0. The van der Waals surface area contributed by atoms with Crippen molar-refractivity contribution < 1.29 is 14.3 Å². The average Bonchev–Trinajstić information content (AvgIpc) is 3.21. The lowest BCUT2D eigenvalue weighted by molar-refractivity contribution is -0.114. The molecule has 0 bridgehead atoms. The number of carbonyl (C=O) groups is 2. The molecule has 0 fully saturated rings. The zero-order chi connectivity index (χ0) is 26.0. The molecule has 1 N–H and O–H groups in total. The van der Waals surface area contributed by atoms with E-state index in [0.29, 0.717) is 29.5 Å². The van der Waals surface area contributed by atoms with Gasteiger partial charge in [-0.15, -0.1) is 0 Å². The number of ether oxygens (including phenoxy) is 1. The van der Waals surface area contributed by atoms with E-state index in [1.165, 1.54) is 6.92 Å². The molecule has 1 aliphatic rings. The fraction of sp³-hybridized carbons (Fsp3) is 0.310. The number of rotatable bonds is 7. The van der Waals surface area contributed by atoms with Crippen molar-refractivity contribution in [1.82, 2.24) is 4.90 Å². The third kappa shape index (κ3) is 5.55. The first-order chi connectivity index (χ1) is 17.1. The van der Waals surface area contributed by atoms with Gasteiger partial charge in [-0.3, -0.25) is 9.59 Å². The minimum atomic E-state index is -0.0980. The van der Waals surface area contributed by atoms with E-state index >= 15 is 0 Å². The Morgan fingerprint density at radius 3 is 2.36 bits per heavy atom. The molecule has 3 aromatic rings. The van der Waals surface area contributed by atoms with Crippen LogP contribution in [0.5, 0.6) is 5.75 Å². The molecule has 0 aromatic heterocycles. The van der Waals surface area contributed by atoms with Gasteiger partial charge >= 0.3 is 0 Å². The summed E-state index contributed by atoms with van der Waals surface area (Å²) < 4.78 is 5.90. The van der Waals surface area contributed by atoms with E-state index in [9.17, 15) is 9.59 Å². The molecule has 0 unspecified atom stereocenters. The Morgan fingerprint density at radius 2 is 1.72 bits per heavy atom. The van der Waals surface area contributed by atoms with Crippen LogP contribution in [-0.2, 0) is 11.2 Å². The zero-order valence-corrected chi connectivity index (χ0v) is 22.2. The van der Waals surface area contributed by atoms with Crippen molar-refractivity contribution in [3.8, 4) is 16.9 Å². The summed E-state index contributed by atoms with van der Waals surface area (Å²) in [5.41, 5.74) is 7.51. The van der Waals surface area contributed by atoms with Gasteiger partial charge in [-0.05, 0) is 92.5 Å². The normalized spacial score (nSPS) is 12.6. The predicted molar refractivity (Wildman–Crippen MR) is 147 cm³/mol. The van der Waals surface area contributed by atoms with Crippen LogP contribution in [0.3, 0.4) is 0 Å². The molecule has 1 aliphatic heterocycles. The first kappa shape index (κ1) is 25.7. The molecule has 36 heavy (non-hydrogen) atoms. The molecule has 2 amide bonds. The number of amides is 2. The van der Waals surface area contributed by atoms with E-state index < -0.39 is 0 Å². The number of hydrogen-bond donors (Lipinski definition) is 1. The fourth-order valence-electron chi connectivity index (χ4n) is 4.55. The van der Waals surface area contributed by atoms with E-state index in [1.54, 1.807) is 0 Å². The van der Waals surface area contributed by atoms with Gasteiger partial charge in [0.15, 0.2) is 0 Å². The van der Waals surface area contributed by atoms with Gasteiger partial charge in [0.1, 0.15) is 12.4 Å². The number of halogens is 1. The Hall–Kier alpha value is -3.35. The number of nitrogens with one attached hydrogen (secondary N) is 1. The molecule has 0 radical (unpaired) electrons. The van der Waals surface area contributed by atoms with Crippen molar-refractivity contribution in [1.29, 1.82) is 0 Å². The minimum Gasteiger partial charge on any atom is -0.491 e. The lowest BCUT2D eigenvalue weighted by Gasteiger charge is -2.20. The largest absolute Gasteiger partial charge is 0.491 e. The van der Waals surface area contributed by atoms with Gasteiger partial charge in [-0.2, -0.15) is 0 Å². The Balaban J connectivity index is 1.57. The summed E-state index contributed by atoms with van der Waals surface area (Å²) >= 11 is 6.45. The zero-order valence-electron chi connectivity index (χ0n) is 21.4. The van der Waals surface area contributed by atoms with Gasteiger partial charge in [0, 0.05) is 37.3 Å². The maximum Gasteiger partial charge on any atom is 0.258 e. The smallest absolute Gasteiger partial charge is 0.258 e. The van der Waals surface area contributed by atoms with Gasteiger partial charge < -0.3 is 19.9 Å². The topological polar surface area (TPSA) is 61.9 Å². The third-order valence-corrected chi connectivity index (χ3v) is 6.68. The van der Waals surface area contributed by atoms with Gasteiger partial charge in [0.2, 0.25) is 5.91 Å². The Morgan fingerprint density at radius 1 is 1.03 bits per heavy atom. The highest BCUT2D eigenvalue weighted by atomic mass is 35.5. The molecule has 7 heteroatoms. The molecule has 3 aromatic carbocycles. The van der Waals surface area contributed by atoms with Crippen LogP contribution in [0.1, 0.15) is 34.0 Å². The molecule has 0 saturated carbocycles. The molecule has 1 heterocycles. The molecule has 188 valence electrons. The SMILES string of the molecule is CC(=O)Nc1ccc(-c2ccc(C(=O)N3CCc4cc(Cl)c(OCCN(C)C)cc43)cc2C)c(C)c1. The predicted octanol–water partition coefficient (Wildman–Crippen LogP) is 5.73. The highest BCUT2D eigenvalue weighted by Crippen LogP contribution is 2.38. The second-order valence-corrected chi connectivity index (χ2v) is 9.92. The number of aryl methyl sites for hydroxylation is 2. The van der Waals surface area contributed by atoms with E-state index in [0.717, 1.165) is 52.2 Å². The first-order valence-corrected chi connectivity index (χ1v) is 12.4. The Bertz CT molecular complexity index is 1320. The summed E-state index contributed by atoms with van der Waals surface area (Å²) in [6, 6.07) is 15.5. The standard InChI is InChI=1S/C29H32ClN3O3/c1-18-14-22(6-8-24(18)25-9-7-23(15-19(25)2)31-20(3)34)29(35)33-11-10-21-16-26(30)28(17-27(21)33)36-13-12-32(4)5/h6-9,14-17H,10-13H2,1-5H3,(H,31,34). The maximum atomic E-state index is 13.5. The summed E-state index contributed by atoms with van der Waals surface area (Å²) in [5, 5.41) is 3.39. The number of fused-ring (bicyclic) bond motifs is 1. The van der Waals surface area contributed by atoms with Crippen molar-refractivity contribution >= 4 is 34.8 Å². The lowest BCUT2D eigenvalue weighted by atomic mass is 9.94. The van der Waals surface area contributed by atoms with Crippen molar-refractivity contribution in [2.45, 2.75) is 27.2 Å². The van der Waals surface area contributed by atoms with Crippen molar-refractivity contribution in [3.63, 3.8) is 0 Å². The number of likely N-dealkylation sites (N-methyl/N-ethyl adjacent to an activating group) is 1. The van der Waals surface area contributed by atoms with Gasteiger partial charge in [0.05, 0.1) is 10.7 Å². The second kappa shape index (κ2) is 10.7. The van der Waals surface area contributed by atoms with Gasteiger partial charge in [-0.25, -0.2) is 0 Å². The van der Waals surface area contributed by atoms with Crippen LogP contribution >= 0.6 is 11.6 Å². The molecule has 0 saturated heterocycles. The number of benzene rings is 3. The summed E-state index contributed by atoms with van der Waals surface area (Å²) in [6.07, 6.45) is 0.760. The molecule has 0 spiro atoms. The summed E-state index contributed by atoms with van der Waals surface area (Å²) in [4.78, 5) is 28.7. The van der Waals surface area contributed by atoms with Crippen LogP contribution in [0.25, 0.3) is 11.1 Å². The maximum absolute atomic E-state index is 13.5. The number of anilines is 2. The monoisotopic (exact) mass is 505 g/mol. The van der Waals surface area contributed by atoms with Crippen molar-refractivity contribution in [2.75, 3.05) is 44.0 Å². The molecular weight excluding hydrogens is 474 g/mol. The summed E-state index contributed by atoms with van der Waals surface area (Å²) in [6.45, 7) is 7.43. The minimum absolute atomic E-state index is 0.0392.